The number of aromatic amines is 1. The van der Waals surface area contributed by atoms with Crippen molar-refractivity contribution in [3.05, 3.63) is 30.0 Å². The Kier molecular flexibility index (Phi) is 4.50. The van der Waals surface area contributed by atoms with E-state index >= 15 is 0 Å². The van der Waals surface area contributed by atoms with E-state index in [1.807, 2.05) is 6.07 Å². The molecule has 1 aromatic carbocycles. The summed E-state index contributed by atoms with van der Waals surface area (Å²) in [5.74, 6) is 1.59. The minimum absolute atomic E-state index is 0.352. The fourth-order valence-corrected chi connectivity index (χ4v) is 5.94. The van der Waals surface area contributed by atoms with E-state index in [1.165, 1.54) is 23.8 Å². The molecule has 0 aliphatic carbocycles. The molecule has 0 amide bonds. The molecule has 2 aliphatic heterocycles. The molecule has 2 fully saturated rings. The maximum absolute atomic E-state index is 11.7. The number of fused-ring (bicyclic) bond motifs is 1. The van der Waals surface area contributed by atoms with Crippen molar-refractivity contribution in [2.75, 3.05) is 25.2 Å². The number of methoxy groups -OCH3 is 1. The molecule has 0 radical (unpaired) electrons. The fraction of sp³-hybridized carbons (Fsp3) is 0.579. The Bertz CT molecular complexity index is 845. The molecular formula is C19H26N2O3S. The molecule has 136 valence electrons. The molecule has 2 saturated heterocycles. The monoisotopic (exact) mass is 362 g/mol. The van der Waals surface area contributed by atoms with E-state index in [4.69, 9.17) is 4.74 Å². The maximum Gasteiger partial charge on any atom is 0.150 e. The Labute approximate surface area is 149 Å². The average molecular weight is 362 g/mol. The number of nitrogens with one attached hydrogen (secondary N) is 1. The highest BCUT2D eigenvalue weighted by Gasteiger charge is 2.34. The smallest absolute Gasteiger partial charge is 0.150 e. The second-order valence-corrected chi connectivity index (χ2v) is 9.65. The van der Waals surface area contributed by atoms with Gasteiger partial charge in [-0.3, -0.25) is 4.90 Å². The normalized spacial score (nSPS) is 24.8. The van der Waals surface area contributed by atoms with Crippen LogP contribution in [0.15, 0.2) is 24.4 Å². The number of likely N-dealkylation sites (tertiary alicyclic amines) is 1. The van der Waals surface area contributed by atoms with Gasteiger partial charge >= 0.3 is 0 Å². The first-order valence-corrected chi connectivity index (χ1v) is 11.0. The lowest BCUT2D eigenvalue weighted by molar-refractivity contribution is 0.167. The molecule has 3 heterocycles. The van der Waals surface area contributed by atoms with Gasteiger partial charge in [0, 0.05) is 29.2 Å². The lowest BCUT2D eigenvalue weighted by atomic mass is 10.0. The minimum atomic E-state index is -2.79. The number of nitrogens with zero attached hydrogens (tertiary/aromatic N) is 1. The van der Waals surface area contributed by atoms with Gasteiger partial charge in [0.1, 0.15) is 15.6 Å². The van der Waals surface area contributed by atoms with Gasteiger partial charge in [0.2, 0.25) is 0 Å². The van der Waals surface area contributed by atoms with E-state index in [-0.39, 0.29) is 0 Å². The van der Waals surface area contributed by atoms with Crippen LogP contribution in [-0.2, 0) is 16.3 Å². The number of hydrogen-bond donors (Lipinski definition) is 1. The van der Waals surface area contributed by atoms with Crippen molar-refractivity contribution < 1.29 is 13.2 Å². The Morgan fingerprint density at radius 1 is 1.24 bits per heavy atom. The summed E-state index contributed by atoms with van der Waals surface area (Å²) in [5, 5.41) is 1.23. The van der Waals surface area contributed by atoms with Crippen LogP contribution in [0.1, 0.15) is 31.2 Å². The predicted molar refractivity (Wildman–Crippen MR) is 100.0 cm³/mol. The van der Waals surface area contributed by atoms with E-state index < -0.39 is 9.84 Å². The van der Waals surface area contributed by atoms with Crippen LogP contribution in [0.5, 0.6) is 5.75 Å². The molecule has 5 nitrogen and oxygen atoms in total. The van der Waals surface area contributed by atoms with Crippen LogP contribution in [0.3, 0.4) is 0 Å². The van der Waals surface area contributed by atoms with Crippen molar-refractivity contribution >= 4 is 20.7 Å². The Balaban J connectivity index is 1.52. The Morgan fingerprint density at radius 2 is 2.04 bits per heavy atom. The average Bonchev–Trinajstić information content (AvgIpc) is 3.22. The van der Waals surface area contributed by atoms with Gasteiger partial charge in [-0.15, -0.1) is 0 Å². The van der Waals surface area contributed by atoms with Crippen molar-refractivity contribution in [2.24, 2.45) is 0 Å². The van der Waals surface area contributed by atoms with Gasteiger partial charge in [0.15, 0.2) is 0 Å². The summed E-state index contributed by atoms with van der Waals surface area (Å²) in [7, 11) is -1.10. The van der Waals surface area contributed by atoms with Gasteiger partial charge in [-0.1, -0.05) is 0 Å². The molecule has 2 aliphatic rings. The largest absolute Gasteiger partial charge is 0.497 e. The van der Waals surface area contributed by atoms with Gasteiger partial charge in [0.05, 0.1) is 18.6 Å². The van der Waals surface area contributed by atoms with Crippen LogP contribution >= 0.6 is 0 Å². The third-order valence-electron chi connectivity index (χ3n) is 5.85. The number of H-pyrrole nitrogens is 1. The summed E-state index contributed by atoms with van der Waals surface area (Å²) in [6.07, 6.45) is 7.11. The van der Waals surface area contributed by atoms with Gasteiger partial charge in [-0.2, -0.15) is 0 Å². The molecule has 4 rings (SSSR count). The number of ether oxygens (including phenoxy) is 1. The summed E-state index contributed by atoms with van der Waals surface area (Å²) in [5.41, 5.74) is 2.47. The zero-order chi connectivity index (χ0) is 17.4. The van der Waals surface area contributed by atoms with Gasteiger partial charge in [-0.25, -0.2) is 8.42 Å². The molecular weight excluding hydrogens is 336 g/mol. The first-order chi connectivity index (χ1) is 12.1. The summed E-state index contributed by atoms with van der Waals surface area (Å²) in [4.78, 5) is 5.94. The zero-order valence-corrected chi connectivity index (χ0v) is 15.5. The second-order valence-electron chi connectivity index (χ2n) is 7.35. The molecule has 0 saturated carbocycles. The van der Waals surface area contributed by atoms with Crippen molar-refractivity contribution in [3.63, 3.8) is 0 Å². The summed E-state index contributed by atoms with van der Waals surface area (Å²) in [6, 6.07) is 7.09. The van der Waals surface area contributed by atoms with Crippen LogP contribution in [0.4, 0.5) is 0 Å². The van der Waals surface area contributed by atoms with Gasteiger partial charge in [-0.05, 0) is 62.4 Å². The second kappa shape index (κ2) is 6.65. The SMILES string of the molecule is COc1ccc2[nH]cc(C[C@H]3CCCN3C3CCS(=O)(=O)CC3)c2c1. The highest BCUT2D eigenvalue weighted by atomic mass is 32.2. The predicted octanol–water partition coefficient (Wildman–Crippen LogP) is 2.76. The van der Waals surface area contributed by atoms with E-state index in [0.29, 0.717) is 23.6 Å². The van der Waals surface area contributed by atoms with E-state index in [1.54, 1.807) is 7.11 Å². The molecule has 25 heavy (non-hydrogen) atoms. The first-order valence-electron chi connectivity index (χ1n) is 9.16. The molecule has 6 heteroatoms. The van der Waals surface area contributed by atoms with Crippen LogP contribution in [-0.4, -0.2) is 55.5 Å². The van der Waals surface area contributed by atoms with Crippen molar-refractivity contribution in [3.8, 4) is 5.75 Å². The Morgan fingerprint density at radius 3 is 2.80 bits per heavy atom. The molecule has 0 spiro atoms. The zero-order valence-electron chi connectivity index (χ0n) is 14.7. The number of sulfone groups is 1. The van der Waals surface area contributed by atoms with E-state index in [2.05, 4.69) is 28.2 Å². The first kappa shape index (κ1) is 16.9. The highest BCUT2D eigenvalue weighted by molar-refractivity contribution is 7.91. The number of benzene rings is 1. The number of rotatable bonds is 4. The lowest BCUT2D eigenvalue weighted by Crippen LogP contribution is -2.44. The van der Waals surface area contributed by atoms with Crippen LogP contribution in [0, 0.1) is 0 Å². The van der Waals surface area contributed by atoms with E-state index in [0.717, 1.165) is 37.1 Å². The molecule has 1 N–H and O–H groups in total. The van der Waals surface area contributed by atoms with Gasteiger partial charge < -0.3 is 9.72 Å². The number of hydrogen-bond acceptors (Lipinski definition) is 4. The molecule has 0 bridgehead atoms. The quantitative estimate of drug-likeness (QED) is 0.908. The van der Waals surface area contributed by atoms with Crippen LogP contribution < -0.4 is 4.74 Å². The fourth-order valence-electron chi connectivity index (χ4n) is 4.47. The highest BCUT2D eigenvalue weighted by Crippen LogP contribution is 2.31. The lowest BCUT2D eigenvalue weighted by Gasteiger charge is -2.35. The van der Waals surface area contributed by atoms with Gasteiger partial charge in [0.25, 0.3) is 0 Å². The topological polar surface area (TPSA) is 62.4 Å². The Hall–Kier alpha value is -1.53. The minimum Gasteiger partial charge on any atom is -0.497 e. The molecule has 1 atom stereocenters. The maximum atomic E-state index is 11.7. The third kappa shape index (κ3) is 3.42. The molecule has 2 aromatic rings. The molecule has 1 aromatic heterocycles. The van der Waals surface area contributed by atoms with Crippen molar-refractivity contribution in [1.29, 1.82) is 0 Å². The summed E-state index contributed by atoms with van der Waals surface area (Å²) < 4.78 is 28.8. The van der Waals surface area contributed by atoms with Crippen molar-refractivity contribution in [1.82, 2.24) is 9.88 Å². The van der Waals surface area contributed by atoms with E-state index in [9.17, 15) is 8.42 Å². The van der Waals surface area contributed by atoms with Crippen molar-refractivity contribution in [2.45, 2.75) is 44.2 Å². The number of aromatic nitrogens is 1. The summed E-state index contributed by atoms with van der Waals surface area (Å²) >= 11 is 0. The summed E-state index contributed by atoms with van der Waals surface area (Å²) in [6.45, 7) is 1.10. The van der Waals surface area contributed by atoms with Crippen LogP contribution in [0.25, 0.3) is 10.9 Å². The standard InChI is InChI=1S/C19H26N2O3S/c1-24-17-4-5-19-18(12-17)14(13-20-19)11-16-3-2-8-21(16)15-6-9-25(22,23)10-7-15/h4-5,12-13,15-16,20H,2-3,6-11H2,1H3/t16-/m1/s1. The van der Waals surface area contributed by atoms with Crippen LogP contribution in [0.2, 0.25) is 0 Å². The molecule has 0 unspecified atom stereocenters. The third-order valence-corrected chi connectivity index (χ3v) is 7.56.